The number of nitrogens with two attached hydrogens (primary N) is 1. The topological polar surface area (TPSA) is 35.2 Å². The lowest BCUT2D eigenvalue weighted by Gasteiger charge is -2.32. The van der Waals surface area contributed by atoms with Gasteiger partial charge in [-0.2, -0.15) is 0 Å². The first-order chi connectivity index (χ1) is 9.27. The van der Waals surface area contributed by atoms with Crippen LogP contribution in [0.25, 0.3) is 0 Å². The summed E-state index contributed by atoms with van der Waals surface area (Å²) in [4.78, 5) is 0. The first kappa shape index (κ1) is 13.1. The maximum absolute atomic E-state index is 6.47. The molecule has 0 saturated heterocycles. The van der Waals surface area contributed by atoms with Gasteiger partial charge in [0.15, 0.2) is 0 Å². The molecule has 1 aromatic carbocycles. The zero-order chi connectivity index (χ0) is 13.1. The standard InChI is InChI=1S/C17H25NO/c18-17(9-5-1-2-6-10-17)13-19-12-15-11-14-7-3-4-8-16(14)15/h3-4,7-8,15H,1-2,5-6,9-13,18H2. The summed E-state index contributed by atoms with van der Waals surface area (Å²) in [6.45, 7) is 1.58. The van der Waals surface area contributed by atoms with E-state index in [2.05, 4.69) is 24.3 Å². The molecule has 2 aliphatic rings. The van der Waals surface area contributed by atoms with Crippen LogP contribution >= 0.6 is 0 Å². The van der Waals surface area contributed by atoms with E-state index in [1.54, 1.807) is 0 Å². The maximum atomic E-state index is 6.47. The lowest BCUT2D eigenvalue weighted by molar-refractivity contribution is 0.0646. The summed E-state index contributed by atoms with van der Waals surface area (Å²) in [5.41, 5.74) is 9.39. The minimum absolute atomic E-state index is 0.0558. The summed E-state index contributed by atoms with van der Waals surface area (Å²) in [5, 5.41) is 0. The van der Waals surface area contributed by atoms with Gasteiger partial charge in [-0.3, -0.25) is 0 Å². The van der Waals surface area contributed by atoms with Gasteiger partial charge in [0, 0.05) is 11.5 Å². The molecule has 104 valence electrons. The third-order valence-electron chi connectivity index (χ3n) is 4.77. The molecule has 0 radical (unpaired) electrons. The summed E-state index contributed by atoms with van der Waals surface area (Å²) in [6.07, 6.45) is 8.67. The molecule has 1 aromatic rings. The molecule has 2 N–H and O–H groups in total. The van der Waals surface area contributed by atoms with Gasteiger partial charge in [0.1, 0.15) is 0 Å². The lowest BCUT2D eigenvalue weighted by atomic mass is 9.78. The average Bonchev–Trinajstić information content (AvgIpc) is 2.60. The fourth-order valence-corrected chi connectivity index (χ4v) is 3.49. The first-order valence-corrected chi connectivity index (χ1v) is 7.71. The summed E-state index contributed by atoms with van der Waals surface area (Å²) in [5.74, 6) is 0.602. The molecule has 1 unspecified atom stereocenters. The minimum Gasteiger partial charge on any atom is -0.379 e. The van der Waals surface area contributed by atoms with Gasteiger partial charge >= 0.3 is 0 Å². The fourth-order valence-electron chi connectivity index (χ4n) is 3.49. The van der Waals surface area contributed by atoms with Crippen molar-refractivity contribution in [3.63, 3.8) is 0 Å². The van der Waals surface area contributed by atoms with Crippen LogP contribution in [0.3, 0.4) is 0 Å². The van der Waals surface area contributed by atoms with Gasteiger partial charge in [-0.05, 0) is 30.4 Å². The molecule has 1 atom stereocenters. The molecule has 0 aromatic heterocycles. The van der Waals surface area contributed by atoms with Crippen molar-refractivity contribution in [2.24, 2.45) is 5.73 Å². The second kappa shape index (κ2) is 5.64. The molecular formula is C17H25NO. The van der Waals surface area contributed by atoms with Crippen molar-refractivity contribution in [2.45, 2.75) is 56.4 Å². The quantitative estimate of drug-likeness (QED) is 0.841. The van der Waals surface area contributed by atoms with Crippen LogP contribution in [0.15, 0.2) is 24.3 Å². The predicted octanol–water partition coefficient (Wildman–Crippen LogP) is 3.39. The number of benzene rings is 1. The van der Waals surface area contributed by atoms with E-state index in [1.165, 1.54) is 43.2 Å². The monoisotopic (exact) mass is 259 g/mol. The summed E-state index contributed by atoms with van der Waals surface area (Å²) < 4.78 is 5.97. The van der Waals surface area contributed by atoms with Crippen LogP contribution in [0.1, 0.15) is 55.6 Å². The number of ether oxygens (including phenoxy) is 1. The van der Waals surface area contributed by atoms with E-state index in [9.17, 15) is 0 Å². The van der Waals surface area contributed by atoms with Crippen LogP contribution in [-0.4, -0.2) is 18.8 Å². The van der Waals surface area contributed by atoms with Gasteiger partial charge in [-0.15, -0.1) is 0 Å². The normalized spacial score (nSPS) is 25.2. The summed E-state index contributed by atoms with van der Waals surface area (Å²) in [7, 11) is 0. The van der Waals surface area contributed by atoms with Crippen LogP contribution in [0.5, 0.6) is 0 Å². The van der Waals surface area contributed by atoms with E-state index in [1.807, 2.05) is 0 Å². The number of fused-ring (bicyclic) bond motifs is 1. The zero-order valence-electron chi connectivity index (χ0n) is 11.7. The van der Waals surface area contributed by atoms with Gasteiger partial charge in [0.25, 0.3) is 0 Å². The Balaban J connectivity index is 1.46. The van der Waals surface area contributed by atoms with Crippen molar-refractivity contribution in [1.29, 1.82) is 0 Å². The second-order valence-corrected chi connectivity index (χ2v) is 6.39. The van der Waals surface area contributed by atoms with Crippen LogP contribution in [-0.2, 0) is 11.2 Å². The molecule has 0 bridgehead atoms. The number of hydrogen-bond acceptors (Lipinski definition) is 2. The van der Waals surface area contributed by atoms with Crippen molar-refractivity contribution < 1.29 is 4.74 Å². The fraction of sp³-hybridized carbons (Fsp3) is 0.647. The highest BCUT2D eigenvalue weighted by molar-refractivity contribution is 5.39. The molecule has 3 rings (SSSR count). The summed E-state index contributed by atoms with van der Waals surface area (Å²) >= 11 is 0. The molecule has 0 aliphatic heterocycles. The van der Waals surface area contributed by atoms with E-state index in [-0.39, 0.29) is 5.54 Å². The Hall–Kier alpha value is -0.860. The van der Waals surface area contributed by atoms with Crippen molar-refractivity contribution >= 4 is 0 Å². The molecule has 2 heteroatoms. The van der Waals surface area contributed by atoms with Crippen LogP contribution in [0, 0.1) is 0 Å². The second-order valence-electron chi connectivity index (χ2n) is 6.39. The Morgan fingerprint density at radius 2 is 1.84 bits per heavy atom. The number of hydrogen-bond donors (Lipinski definition) is 1. The van der Waals surface area contributed by atoms with Crippen molar-refractivity contribution in [3.8, 4) is 0 Å². The molecule has 2 nitrogen and oxygen atoms in total. The molecule has 1 saturated carbocycles. The Morgan fingerprint density at radius 1 is 1.11 bits per heavy atom. The highest BCUT2D eigenvalue weighted by atomic mass is 16.5. The van der Waals surface area contributed by atoms with Gasteiger partial charge in [-0.25, -0.2) is 0 Å². The van der Waals surface area contributed by atoms with Crippen molar-refractivity contribution in [1.82, 2.24) is 0 Å². The van der Waals surface area contributed by atoms with Crippen molar-refractivity contribution in [2.75, 3.05) is 13.2 Å². The molecule has 2 aliphatic carbocycles. The Morgan fingerprint density at radius 3 is 2.58 bits per heavy atom. The average molecular weight is 259 g/mol. The predicted molar refractivity (Wildman–Crippen MR) is 78.3 cm³/mol. The molecule has 0 spiro atoms. The molecule has 0 heterocycles. The van der Waals surface area contributed by atoms with E-state index in [4.69, 9.17) is 10.5 Å². The smallest absolute Gasteiger partial charge is 0.0646 e. The third kappa shape index (κ3) is 3.01. The molecule has 1 fully saturated rings. The molecular weight excluding hydrogens is 234 g/mol. The SMILES string of the molecule is NC1(COCC2Cc3ccccc32)CCCCCC1. The minimum atomic E-state index is -0.0558. The Bertz CT molecular complexity index is 421. The highest BCUT2D eigenvalue weighted by Crippen LogP contribution is 2.35. The van der Waals surface area contributed by atoms with E-state index < -0.39 is 0 Å². The van der Waals surface area contributed by atoms with E-state index >= 15 is 0 Å². The van der Waals surface area contributed by atoms with Gasteiger partial charge in [0.2, 0.25) is 0 Å². The van der Waals surface area contributed by atoms with Crippen molar-refractivity contribution in [3.05, 3.63) is 35.4 Å². The Labute approximate surface area is 116 Å². The molecule has 19 heavy (non-hydrogen) atoms. The zero-order valence-corrected chi connectivity index (χ0v) is 11.7. The number of rotatable bonds is 4. The van der Waals surface area contributed by atoms with Gasteiger partial charge in [-0.1, -0.05) is 49.9 Å². The largest absolute Gasteiger partial charge is 0.379 e. The van der Waals surface area contributed by atoms with Gasteiger partial charge < -0.3 is 10.5 Å². The summed E-state index contributed by atoms with van der Waals surface area (Å²) in [6, 6.07) is 8.70. The van der Waals surface area contributed by atoms with Crippen LogP contribution in [0.2, 0.25) is 0 Å². The molecule has 0 amide bonds. The third-order valence-corrected chi connectivity index (χ3v) is 4.77. The van der Waals surface area contributed by atoms with Crippen LogP contribution in [0.4, 0.5) is 0 Å². The highest BCUT2D eigenvalue weighted by Gasteiger charge is 2.29. The Kier molecular flexibility index (Phi) is 3.90. The van der Waals surface area contributed by atoms with E-state index in [0.717, 1.165) is 26.1 Å². The first-order valence-electron chi connectivity index (χ1n) is 7.71. The van der Waals surface area contributed by atoms with Gasteiger partial charge in [0.05, 0.1) is 13.2 Å². The maximum Gasteiger partial charge on any atom is 0.0646 e. The van der Waals surface area contributed by atoms with Crippen LogP contribution < -0.4 is 5.73 Å². The lowest BCUT2D eigenvalue weighted by Crippen LogP contribution is -2.44. The van der Waals surface area contributed by atoms with E-state index in [0.29, 0.717) is 5.92 Å².